The van der Waals surface area contributed by atoms with Gasteiger partial charge in [-0.3, -0.25) is 19.2 Å². The van der Waals surface area contributed by atoms with Crippen LogP contribution in [0.15, 0.2) is 0 Å². The van der Waals surface area contributed by atoms with E-state index in [9.17, 15) is 24.3 Å². The molecule has 0 rings (SSSR count). The summed E-state index contributed by atoms with van der Waals surface area (Å²) in [6, 6.07) is -2.16. The molecule has 10 nitrogen and oxygen atoms in total. The number of hydrogen-bond donors (Lipinski definition) is 6. The molecule has 0 aromatic carbocycles. The summed E-state index contributed by atoms with van der Waals surface area (Å²) in [7, 11) is 0. The molecular weight excluding hydrogens is 504 g/mol. The highest BCUT2D eigenvalue weighted by Gasteiger charge is 2.23. The minimum Gasteiger partial charge on any atom is -0.481 e. The number of nitrogens with two attached hydrogens (primary N) is 2. The molecule has 0 aliphatic heterocycles. The van der Waals surface area contributed by atoms with Crippen molar-refractivity contribution in [3.8, 4) is 0 Å². The van der Waals surface area contributed by atoms with Gasteiger partial charge < -0.3 is 31.9 Å². The molecule has 0 aromatic heterocycles. The maximum Gasteiger partial charge on any atom is 0.320 e. The first-order valence-electron chi connectivity index (χ1n) is 14.9. The van der Waals surface area contributed by atoms with Crippen LogP contribution in [0, 0.1) is 11.8 Å². The van der Waals surface area contributed by atoms with Crippen LogP contribution in [0.3, 0.4) is 0 Å². The average Bonchev–Trinajstić information content (AvgIpc) is 2.87. The molecule has 10 heteroatoms. The minimum absolute atomic E-state index is 0.0173. The van der Waals surface area contributed by atoms with E-state index in [-0.39, 0.29) is 12.8 Å². The van der Waals surface area contributed by atoms with E-state index in [0.29, 0.717) is 6.42 Å². The summed E-state index contributed by atoms with van der Waals surface area (Å²) in [5, 5.41) is 34.6. The van der Waals surface area contributed by atoms with Crippen molar-refractivity contribution in [2.45, 2.75) is 148 Å². The Labute approximate surface area is 234 Å². The summed E-state index contributed by atoms with van der Waals surface area (Å²) in [5.74, 6) is -5.60. The van der Waals surface area contributed by atoms with Gasteiger partial charge in [-0.15, -0.1) is 0 Å². The van der Waals surface area contributed by atoms with Crippen LogP contribution in [0.4, 0.5) is 0 Å². The number of carbonyl (C=O) groups is 4. The van der Waals surface area contributed by atoms with Gasteiger partial charge in [-0.05, 0) is 19.3 Å². The van der Waals surface area contributed by atoms with Gasteiger partial charge in [-0.25, -0.2) is 0 Å². The van der Waals surface area contributed by atoms with Gasteiger partial charge in [-0.1, -0.05) is 117 Å². The van der Waals surface area contributed by atoms with Crippen LogP contribution in [-0.2, 0) is 19.2 Å². The Hall–Kier alpha value is -2.20. The maximum atomic E-state index is 11.2. The van der Waals surface area contributed by atoms with Crippen LogP contribution in [-0.4, -0.2) is 56.4 Å². The molecule has 4 atom stereocenters. The number of hydrogen-bond acceptors (Lipinski definition) is 6. The van der Waals surface area contributed by atoms with Gasteiger partial charge >= 0.3 is 23.9 Å². The molecule has 0 amide bonds. The Morgan fingerprint density at radius 1 is 0.513 bits per heavy atom. The molecule has 8 N–H and O–H groups in total. The van der Waals surface area contributed by atoms with Crippen LogP contribution >= 0.6 is 0 Å². The van der Waals surface area contributed by atoms with Gasteiger partial charge in [-0.2, -0.15) is 0 Å². The van der Waals surface area contributed by atoms with Gasteiger partial charge in [0.25, 0.3) is 0 Å². The van der Waals surface area contributed by atoms with E-state index in [0.717, 1.165) is 19.3 Å². The van der Waals surface area contributed by atoms with Crippen molar-refractivity contribution in [3.63, 3.8) is 0 Å². The van der Waals surface area contributed by atoms with Crippen LogP contribution in [0.2, 0.25) is 0 Å². The van der Waals surface area contributed by atoms with E-state index < -0.39 is 47.8 Å². The summed E-state index contributed by atoms with van der Waals surface area (Å²) in [6.07, 6.45) is 21.1. The second kappa shape index (κ2) is 26.0. The van der Waals surface area contributed by atoms with Crippen molar-refractivity contribution in [2.75, 3.05) is 0 Å². The molecule has 0 bridgehead atoms. The fourth-order valence-electron chi connectivity index (χ4n) is 4.27. The first-order chi connectivity index (χ1) is 18.4. The molecule has 230 valence electrons. The Kier molecular flexibility index (Phi) is 26.0. The monoisotopic (exact) mass is 560 g/mol. The molecule has 0 saturated carbocycles. The fourth-order valence-corrected chi connectivity index (χ4v) is 4.27. The SMILES string of the molecule is CC(C[C@H](N)C(=O)O)C(=O)O.CCCCCCCCCCCCCCCCCCC(C[C@H](N)C(=O)O)C(=O)O. The summed E-state index contributed by atoms with van der Waals surface area (Å²) in [5.41, 5.74) is 10.5. The first-order valence-corrected chi connectivity index (χ1v) is 14.9. The van der Waals surface area contributed by atoms with Crippen molar-refractivity contribution in [3.05, 3.63) is 0 Å². The lowest BCUT2D eigenvalue weighted by Crippen LogP contribution is -2.34. The molecule has 0 aromatic rings. The highest BCUT2D eigenvalue weighted by Crippen LogP contribution is 2.18. The molecule has 0 fully saturated rings. The second-order valence-electron chi connectivity index (χ2n) is 10.7. The standard InChI is InChI=1S/C23H45NO4.C6H11NO4/c1-2-3-4-5-6-7-8-9-10-11-12-13-14-15-16-17-18-20(22(25)26)19-21(24)23(27)28;1-3(5(8)9)2-4(7)6(10)11/h20-21H,2-19,24H2,1H3,(H,25,26)(H,27,28);3-4H,2,7H2,1H3,(H,8,9)(H,10,11)/t20?,21-;3?,4-/m00/s1. The van der Waals surface area contributed by atoms with Gasteiger partial charge in [0, 0.05) is 0 Å². The highest BCUT2D eigenvalue weighted by molar-refractivity contribution is 5.76. The van der Waals surface area contributed by atoms with E-state index in [4.69, 9.17) is 26.8 Å². The van der Waals surface area contributed by atoms with Crippen LogP contribution in [0.5, 0.6) is 0 Å². The summed E-state index contributed by atoms with van der Waals surface area (Å²) in [4.78, 5) is 42.3. The lowest BCUT2D eigenvalue weighted by molar-refractivity contribution is -0.145. The van der Waals surface area contributed by atoms with Crippen LogP contribution in [0.1, 0.15) is 136 Å². The van der Waals surface area contributed by atoms with E-state index in [1.165, 1.54) is 90.4 Å². The van der Waals surface area contributed by atoms with E-state index in [1.54, 1.807) is 0 Å². The van der Waals surface area contributed by atoms with E-state index in [1.807, 2.05) is 0 Å². The third-order valence-corrected chi connectivity index (χ3v) is 6.96. The lowest BCUT2D eigenvalue weighted by atomic mass is 9.94. The molecular formula is C29H56N2O8. The zero-order chi connectivity index (χ0) is 30.1. The summed E-state index contributed by atoms with van der Waals surface area (Å²) < 4.78 is 0. The van der Waals surface area contributed by atoms with E-state index in [2.05, 4.69) is 6.92 Å². The number of aliphatic carboxylic acids is 4. The Bertz CT molecular complexity index is 641. The van der Waals surface area contributed by atoms with Gasteiger partial charge in [0.2, 0.25) is 0 Å². The Morgan fingerprint density at radius 3 is 1.15 bits per heavy atom. The normalized spacial score (nSPS) is 13.9. The summed E-state index contributed by atoms with van der Waals surface area (Å²) >= 11 is 0. The molecule has 0 saturated heterocycles. The van der Waals surface area contributed by atoms with Crippen LogP contribution in [0.25, 0.3) is 0 Å². The zero-order valence-electron chi connectivity index (χ0n) is 24.3. The van der Waals surface area contributed by atoms with Crippen molar-refractivity contribution in [2.24, 2.45) is 23.3 Å². The van der Waals surface area contributed by atoms with Crippen molar-refractivity contribution < 1.29 is 39.6 Å². The molecule has 39 heavy (non-hydrogen) atoms. The molecule has 0 radical (unpaired) electrons. The second-order valence-corrected chi connectivity index (χ2v) is 10.7. The summed E-state index contributed by atoms with van der Waals surface area (Å²) in [6.45, 7) is 3.68. The smallest absolute Gasteiger partial charge is 0.320 e. The van der Waals surface area contributed by atoms with Gasteiger partial charge in [0.15, 0.2) is 0 Å². The molecule has 2 unspecified atom stereocenters. The number of unbranched alkanes of at least 4 members (excludes halogenated alkanes) is 15. The first kappa shape index (κ1) is 38.9. The topological polar surface area (TPSA) is 201 Å². The molecule has 0 heterocycles. The molecule has 0 aliphatic carbocycles. The zero-order valence-corrected chi connectivity index (χ0v) is 24.3. The fraction of sp³-hybridized carbons (Fsp3) is 0.862. The largest absolute Gasteiger partial charge is 0.481 e. The Balaban J connectivity index is 0. The lowest BCUT2D eigenvalue weighted by Gasteiger charge is -2.14. The predicted molar refractivity (Wildman–Crippen MR) is 153 cm³/mol. The van der Waals surface area contributed by atoms with Crippen molar-refractivity contribution in [1.29, 1.82) is 0 Å². The number of rotatable bonds is 25. The highest BCUT2D eigenvalue weighted by atomic mass is 16.4. The quantitative estimate of drug-likeness (QED) is 0.0757. The maximum absolute atomic E-state index is 11.2. The Morgan fingerprint density at radius 2 is 0.846 bits per heavy atom. The predicted octanol–water partition coefficient (Wildman–Crippen LogP) is 5.65. The molecule has 0 spiro atoms. The third kappa shape index (κ3) is 25.8. The number of carboxylic acid groups (broad SMARTS) is 4. The van der Waals surface area contributed by atoms with Gasteiger partial charge in [0.1, 0.15) is 12.1 Å². The third-order valence-electron chi connectivity index (χ3n) is 6.96. The number of carboxylic acids is 4. The molecule has 0 aliphatic rings. The van der Waals surface area contributed by atoms with E-state index >= 15 is 0 Å². The van der Waals surface area contributed by atoms with Crippen molar-refractivity contribution >= 4 is 23.9 Å². The minimum atomic E-state index is -1.17. The van der Waals surface area contributed by atoms with Crippen molar-refractivity contribution in [1.82, 2.24) is 0 Å². The average molecular weight is 561 g/mol. The van der Waals surface area contributed by atoms with Gasteiger partial charge in [0.05, 0.1) is 11.8 Å². The van der Waals surface area contributed by atoms with Crippen LogP contribution < -0.4 is 11.5 Å².